The minimum Gasteiger partial charge on any atom is -0.348 e. The predicted molar refractivity (Wildman–Crippen MR) is 144 cm³/mol. The number of carbonyl (C=O) groups is 1. The maximum absolute atomic E-state index is 13.9. The van der Waals surface area contributed by atoms with Crippen LogP contribution >= 0.6 is 0 Å². The number of sulfone groups is 1. The van der Waals surface area contributed by atoms with E-state index in [1.54, 1.807) is 19.1 Å². The number of halogens is 3. The van der Waals surface area contributed by atoms with Gasteiger partial charge in [-0.2, -0.15) is 13.2 Å². The SMILES string of the molecule is CCS(=O)(=O)c1ccc(CNC(=O)c2ccc3c(c2)nc(C(F)(F)F)n3CC2CCN(C(C)(C)C)CC2)cc1. The topological polar surface area (TPSA) is 84.3 Å². The summed E-state index contributed by atoms with van der Waals surface area (Å²) >= 11 is 0. The molecule has 0 radical (unpaired) electrons. The van der Waals surface area contributed by atoms with E-state index in [1.165, 1.54) is 34.9 Å². The van der Waals surface area contributed by atoms with Crippen LogP contribution in [0.5, 0.6) is 0 Å². The van der Waals surface area contributed by atoms with Crippen molar-refractivity contribution < 1.29 is 26.4 Å². The van der Waals surface area contributed by atoms with E-state index in [0.29, 0.717) is 11.1 Å². The first kappa shape index (κ1) is 29.1. The zero-order valence-corrected chi connectivity index (χ0v) is 23.5. The summed E-state index contributed by atoms with van der Waals surface area (Å²) in [6, 6.07) is 10.6. The lowest BCUT2D eigenvalue weighted by atomic mass is 9.93. The summed E-state index contributed by atoms with van der Waals surface area (Å²) in [4.78, 5) is 19.2. The van der Waals surface area contributed by atoms with Crippen molar-refractivity contribution in [3.8, 4) is 0 Å². The van der Waals surface area contributed by atoms with Crippen molar-refractivity contribution in [3.63, 3.8) is 0 Å². The van der Waals surface area contributed by atoms with Crippen molar-refractivity contribution >= 4 is 26.8 Å². The summed E-state index contributed by atoms with van der Waals surface area (Å²) in [6.45, 7) is 10.0. The van der Waals surface area contributed by atoms with Gasteiger partial charge in [0, 0.05) is 24.2 Å². The minimum atomic E-state index is -4.62. The maximum Gasteiger partial charge on any atom is 0.449 e. The van der Waals surface area contributed by atoms with Crippen molar-refractivity contribution in [2.45, 2.75) is 70.2 Å². The molecule has 1 N–H and O–H groups in total. The summed E-state index contributed by atoms with van der Waals surface area (Å²) in [5, 5.41) is 2.74. The Labute approximate surface area is 227 Å². The Morgan fingerprint density at radius 2 is 1.69 bits per heavy atom. The minimum absolute atomic E-state index is 0.00611. The van der Waals surface area contributed by atoms with Gasteiger partial charge in [0.1, 0.15) is 0 Å². The van der Waals surface area contributed by atoms with Gasteiger partial charge < -0.3 is 9.88 Å². The standard InChI is InChI=1S/C28H35F3N4O3S/c1-5-39(37,38)22-9-6-19(7-10-22)17-32-25(36)21-8-11-24-23(16-21)33-26(28(29,30)31)35(24)18-20-12-14-34(15-13-20)27(2,3)4/h6-11,16,20H,5,12-15,17-18H2,1-4H3,(H,32,36). The number of carbonyl (C=O) groups excluding carboxylic acids is 1. The molecule has 0 spiro atoms. The zero-order chi connectivity index (χ0) is 28.6. The Balaban J connectivity index is 1.49. The fraction of sp³-hybridized carbons (Fsp3) is 0.500. The van der Waals surface area contributed by atoms with Gasteiger partial charge in [-0.15, -0.1) is 0 Å². The van der Waals surface area contributed by atoms with Gasteiger partial charge in [0.15, 0.2) is 9.84 Å². The molecule has 4 rings (SSSR count). The van der Waals surface area contributed by atoms with E-state index < -0.39 is 27.7 Å². The Bertz CT molecular complexity index is 1430. The summed E-state index contributed by atoms with van der Waals surface area (Å²) in [6.07, 6.45) is -3.01. The Hall–Kier alpha value is -2.92. The highest BCUT2D eigenvalue weighted by Crippen LogP contribution is 2.34. The van der Waals surface area contributed by atoms with Gasteiger partial charge in [-0.3, -0.25) is 9.69 Å². The number of hydrogen-bond donors (Lipinski definition) is 1. The first-order valence-corrected chi connectivity index (χ1v) is 14.8. The van der Waals surface area contributed by atoms with Crippen LogP contribution in [-0.2, 0) is 29.1 Å². The number of aromatic nitrogens is 2. The second kappa shape index (κ2) is 10.9. The second-order valence-electron chi connectivity index (χ2n) is 11.1. The van der Waals surface area contributed by atoms with E-state index >= 15 is 0 Å². The average Bonchev–Trinajstić information content (AvgIpc) is 3.25. The number of alkyl halides is 3. The highest BCUT2D eigenvalue weighted by Gasteiger charge is 2.38. The number of fused-ring (bicyclic) bond motifs is 1. The number of nitrogens with one attached hydrogen (secondary N) is 1. The molecule has 1 aliphatic rings. The lowest BCUT2D eigenvalue weighted by Crippen LogP contribution is -2.46. The molecule has 2 aromatic carbocycles. The number of likely N-dealkylation sites (tertiary alicyclic amines) is 1. The van der Waals surface area contributed by atoms with E-state index in [2.05, 4.69) is 36.0 Å². The van der Waals surface area contributed by atoms with Crippen LogP contribution in [0.1, 0.15) is 62.3 Å². The van der Waals surface area contributed by atoms with Crippen LogP contribution in [0.4, 0.5) is 13.2 Å². The van der Waals surface area contributed by atoms with Crippen molar-refractivity contribution in [2.24, 2.45) is 5.92 Å². The van der Waals surface area contributed by atoms with Crippen LogP contribution in [0, 0.1) is 5.92 Å². The largest absolute Gasteiger partial charge is 0.449 e. The van der Waals surface area contributed by atoms with Crippen molar-refractivity contribution in [3.05, 3.63) is 59.4 Å². The number of nitrogens with zero attached hydrogens (tertiary/aromatic N) is 3. The summed E-state index contributed by atoms with van der Waals surface area (Å²) in [5.41, 5.74) is 1.39. The Morgan fingerprint density at radius 3 is 2.26 bits per heavy atom. The number of benzene rings is 2. The van der Waals surface area contributed by atoms with Gasteiger partial charge in [0.2, 0.25) is 5.82 Å². The van der Waals surface area contributed by atoms with E-state index in [9.17, 15) is 26.4 Å². The molecule has 0 bridgehead atoms. The molecule has 7 nitrogen and oxygen atoms in total. The Kier molecular flexibility index (Phi) is 8.14. The van der Waals surface area contributed by atoms with Gasteiger partial charge >= 0.3 is 6.18 Å². The zero-order valence-electron chi connectivity index (χ0n) is 22.7. The number of hydrogen-bond acceptors (Lipinski definition) is 5. The molecule has 0 atom stereocenters. The fourth-order valence-corrected chi connectivity index (χ4v) is 5.87. The molecule has 212 valence electrons. The number of rotatable bonds is 7. The molecule has 1 fully saturated rings. The summed E-state index contributed by atoms with van der Waals surface area (Å²) < 4.78 is 67.0. The molecule has 1 aromatic heterocycles. The van der Waals surface area contributed by atoms with Crippen molar-refractivity contribution in [1.29, 1.82) is 0 Å². The van der Waals surface area contributed by atoms with Crippen molar-refractivity contribution in [1.82, 2.24) is 19.8 Å². The van der Waals surface area contributed by atoms with Crippen LogP contribution in [-0.4, -0.2) is 53.2 Å². The van der Waals surface area contributed by atoms with E-state index in [1.807, 2.05) is 0 Å². The molecule has 2 heterocycles. The summed E-state index contributed by atoms with van der Waals surface area (Å²) in [7, 11) is -3.32. The monoisotopic (exact) mass is 564 g/mol. The average molecular weight is 565 g/mol. The molecular formula is C28H35F3N4O3S. The van der Waals surface area contributed by atoms with Crippen LogP contribution < -0.4 is 5.32 Å². The first-order chi connectivity index (χ1) is 18.2. The van der Waals surface area contributed by atoms with Crippen LogP contribution in [0.2, 0.25) is 0 Å². The lowest BCUT2D eigenvalue weighted by Gasteiger charge is -2.41. The fourth-order valence-electron chi connectivity index (χ4n) is 4.98. The molecule has 3 aromatic rings. The number of piperidine rings is 1. The molecule has 0 unspecified atom stereocenters. The molecule has 0 aliphatic carbocycles. The highest BCUT2D eigenvalue weighted by molar-refractivity contribution is 7.91. The summed E-state index contributed by atoms with van der Waals surface area (Å²) in [5.74, 6) is -1.31. The third-order valence-electron chi connectivity index (χ3n) is 7.38. The third kappa shape index (κ3) is 6.63. The van der Waals surface area contributed by atoms with E-state index in [4.69, 9.17) is 0 Å². The van der Waals surface area contributed by atoms with Gasteiger partial charge in [0.05, 0.1) is 21.7 Å². The number of imidazole rings is 1. The molecule has 0 saturated carbocycles. The second-order valence-corrected chi connectivity index (χ2v) is 13.4. The number of amides is 1. The lowest BCUT2D eigenvalue weighted by molar-refractivity contribution is -0.147. The molecule has 1 aliphatic heterocycles. The van der Waals surface area contributed by atoms with E-state index in [0.717, 1.165) is 25.9 Å². The molecule has 11 heteroatoms. The first-order valence-electron chi connectivity index (χ1n) is 13.1. The smallest absolute Gasteiger partial charge is 0.348 e. The van der Waals surface area contributed by atoms with Gasteiger partial charge in [-0.1, -0.05) is 19.1 Å². The van der Waals surface area contributed by atoms with Crippen molar-refractivity contribution in [2.75, 3.05) is 18.8 Å². The molecule has 39 heavy (non-hydrogen) atoms. The third-order valence-corrected chi connectivity index (χ3v) is 9.13. The van der Waals surface area contributed by atoms with Gasteiger partial charge in [0.25, 0.3) is 5.91 Å². The Morgan fingerprint density at radius 1 is 1.05 bits per heavy atom. The predicted octanol–water partition coefficient (Wildman–Crippen LogP) is 5.29. The van der Waals surface area contributed by atoms with E-state index in [-0.39, 0.29) is 46.3 Å². The van der Waals surface area contributed by atoms with Gasteiger partial charge in [-0.25, -0.2) is 13.4 Å². The highest BCUT2D eigenvalue weighted by atomic mass is 32.2. The molecule has 1 amide bonds. The van der Waals surface area contributed by atoms with Crippen LogP contribution in [0.15, 0.2) is 47.4 Å². The van der Waals surface area contributed by atoms with Crippen LogP contribution in [0.25, 0.3) is 11.0 Å². The maximum atomic E-state index is 13.9. The van der Waals surface area contributed by atoms with Gasteiger partial charge in [-0.05, 0) is 88.5 Å². The quantitative estimate of drug-likeness (QED) is 0.422. The van der Waals surface area contributed by atoms with Crippen LogP contribution in [0.3, 0.4) is 0 Å². The molecule has 1 saturated heterocycles. The normalized spacial score (nSPS) is 16.1. The molecular weight excluding hydrogens is 529 g/mol.